The highest BCUT2D eigenvalue weighted by Crippen LogP contribution is 2.29. The molecule has 1 aromatic heterocycles. The Bertz CT molecular complexity index is 704. The summed E-state index contributed by atoms with van der Waals surface area (Å²) in [6.07, 6.45) is 4.03. The molecule has 2 rings (SSSR count). The maximum atomic E-state index is 11.3. The van der Waals surface area contributed by atoms with Crippen molar-refractivity contribution in [1.82, 2.24) is 10.3 Å². The van der Waals surface area contributed by atoms with Crippen molar-refractivity contribution in [2.45, 2.75) is 39.5 Å². The Labute approximate surface area is 154 Å². The van der Waals surface area contributed by atoms with Gasteiger partial charge in [-0.05, 0) is 47.7 Å². The zero-order valence-corrected chi connectivity index (χ0v) is 15.4. The van der Waals surface area contributed by atoms with Crippen LogP contribution in [0.4, 0.5) is 0 Å². The second-order valence-corrected chi connectivity index (χ2v) is 6.53. The van der Waals surface area contributed by atoms with Gasteiger partial charge in [-0.1, -0.05) is 19.9 Å². The number of aliphatic carboxylic acids is 1. The average Bonchev–Trinajstić information content (AvgIpc) is 2.64. The predicted molar refractivity (Wildman–Crippen MR) is 99.3 cm³/mol. The summed E-state index contributed by atoms with van der Waals surface area (Å²) < 4.78 is 11.2. The van der Waals surface area contributed by atoms with E-state index in [-0.39, 0.29) is 0 Å². The molecule has 1 heterocycles. The van der Waals surface area contributed by atoms with Crippen LogP contribution in [-0.2, 0) is 17.9 Å². The Hall–Kier alpha value is -2.60. The van der Waals surface area contributed by atoms with Gasteiger partial charge in [0.1, 0.15) is 12.6 Å². The first-order valence-electron chi connectivity index (χ1n) is 8.64. The van der Waals surface area contributed by atoms with Gasteiger partial charge in [0.2, 0.25) is 0 Å². The Kier molecular flexibility index (Phi) is 7.41. The largest absolute Gasteiger partial charge is 0.493 e. The van der Waals surface area contributed by atoms with Crippen LogP contribution in [0.1, 0.15) is 31.4 Å². The predicted octanol–water partition coefficient (Wildman–Crippen LogP) is 3.26. The number of carboxylic acids is 1. The topological polar surface area (TPSA) is 80.7 Å². The monoisotopic (exact) mass is 358 g/mol. The lowest BCUT2D eigenvalue weighted by Crippen LogP contribution is -2.37. The van der Waals surface area contributed by atoms with Crippen molar-refractivity contribution in [2.75, 3.05) is 7.11 Å². The van der Waals surface area contributed by atoms with Crippen LogP contribution in [0.2, 0.25) is 0 Å². The molecule has 0 aliphatic rings. The summed E-state index contributed by atoms with van der Waals surface area (Å²) >= 11 is 0. The smallest absolute Gasteiger partial charge is 0.320 e. The number of pyridine rings is 1. The molecule has 2 N–H and O–H groups in total. The Morgan fingerprint density at radius 3 is 2.50 bits per heavy atom. The molecule has 2 aromatic rings. The van der Waals surface area contributed by atoms with E-state index in [0.29, 0.717) is 37.0 Å². The maximum Gasteiger partial charge on any atom is 0.320 e. The minimum atomic E-state index is -0.831. The summed E-state index contributed by atoms with van der Waals surface area (Å²) in [5.41, 5.74) is 1.96. The van der Waals surface area contributed by atoms with Crippen LogP contribution in [0.25, 0.3) is 0 Å². The van der Waals surface area contributed by atoms with Gasteiger partial charge in [-0.3, -0.25) is 9.78 Å². The molecule has 0 saturated heterocycles. The lowest BCUT2D eigenvalue weighted by molar-refractivity contribution is -0.140. The SMILES string of the molecule is COc1cc(CN[C@@H](CC(C)C)C(=O)O)ccc1OCc1ccncc1. The number of methoxy groups -OCH3 is 1. The molecule has 0 radical (unpaired) electrons. The quantitative estimate of drug-likeness (QED) is 0.678. The number of carbonyl (C=O) groups is 1. The van der Waals surface area contributed by atoms with Crippen molar-refractivity contribution in [2.24, 2.45) is 5.92 Å². The third-order valence-corrected chi connectivity index (χ3v) is 3.93. The molecule has 6 nitrogen and oxygen atoms in total. The fourth-order valence-corrected chi connectivity index (χ4v) is 2.57. The van der Waals surface area contributed by atoms with Gasteiger partial charge >= 0.3 is 5.97 Å². The molecule has 0 fully saturated rings. The van der Waals surface area contributed by atoms with Crippen LogP contribution >= 0.6 is 0 Å². The number of aromatic nitrogens is 1. The van der Waals surface area contributed by atoms with E-state index in [1.165, 1.54) is 0 Å². The molecule has 0 aliphatic heterocycles. The molecular weight excluding hydrogens is 332 g/mol. The normalized spacial score (nSPS) is 12.0. The molecule has 6 heteroatoms. The summed E-state index contributed by atoms with van der Waals surface area (Å²) in [6.45, 7) is 4.89. The number of benzene rings is 1. The van der Waals surface area contributed by atoms with E-state index in [1.54, 1.807) is 19.5 Å². The third-order valence-electron chi connectivity index (χ3n) is 3.93. The van der Waals surface area contributed by atoms with Crippen LogP contribution in [0.15, 0.2) is 42.7 Å². The summed E-state index contributed by atoms with van der Waals surface area (Å²) in [6, 6.07) is 8.84. The Balaban J connectivity index is 1.99. The minimum absolute atomic E-state index is 0.307. The van der Waals surface area contributed by atoms with Crippen LogP contribution < -0.4 is 14.8 Å². The summed E-state index contributed by atoms with van der Waals surface area (Å²) in [7, 11) is 1.59. The number of carboxylic acid groups (broad SMARTS) is 1. The van der Waals surface area contributed by atoms with E-state index in [9.17, 15) is 9.90 Å². The lowest BCUT2D eigenvalue weighted by Gasteiger charge is -2.17. The minimum Gasteiger partial charge on any atom is -0.493 e. The molecule has 0 amide bonds. The lowest BCUT2D eigenvalue weighted by atomic mass is 10.0. The number of hydrogen-bond donors (Lipinski definition) is 2. The molecule has 1 aromatic carbocycles. The zero-order valence-electron chi connectivity index (χ0n) is 15.4. The van der Waals surface area contributed by atoms with Crippen LogP contribution in [0.5, 0.6) is 11.5 Å². The molecular formula is C20H26N2O4. The third kappa shape index (κ3) is 6.04. The van der Waals surface area contributed by atoms with Gasteiger partial charge in [0.05, 0.1) is 7.11 Å². The van der Waals surface area contributed by atoms with Gasteiger partial charge in [0, 0.05) is 18.9 Å². The van der Waals surface area contributed by atoms with E-state index in [4.69, 9.17) is 9.47 Å². The molecule has 140 valence electrons. The molecule has 1 atom stereocenters. The van der Waals surface area contributed by atoms with E-state index in [0.717, 1.165) is 11.1 Å². The Morgan fingerprint density at radius 1 is 1.15 bits per heavy atom. The molecule has 0 unspecified atom stereocenters. The Morgan fingerprint density at radius 2 is 1.88 bits per heavy atom. The average molecular weight is 358 g/mol. The second-order valence-electron chi connectivity index (χ2n) is 6.53. The first kappa shape index (κ1) is 19.7. The van der Waals surface area contributed by atoms with Gasteiger partial charge in [0.15, 0.2) is 11.5 Å². The fourth-order valence-electron chi connectivity index (χ4n) is 2.57. The highest BCUT2D eigenvalue weighted by atomic mass is 16.5. The fraction of sp³-hybridized carbons (Fsp3) is 0.400. The highest BCUT2D eigenvalue weighted by Gasteiger charge is 2.18. The van der Waals surface area contributed by atoms with E-state index >= 15 is 0 Å². The van der Waals surface area contributed by atoms with Crippen molar-refractivity contribution in [1.29, 1.82) is 0 Å². The maximum absolute atomic E-state index is 11.3. The summed E-state index contributed by atoms with van der Waals surface area (Å²) in [4.78, 5) is 15.3. The van der Waals surface area contributed by atoms with Gasteiger partial charge in [0.25, 0.3) is 0 Å². The molecule has 0 spiro atoms. The molecule has 26 heavy (non-hydrogen) atoms. The van der Waals surface area contributed by atoms with E-state index in [1.807, 2.05) is 44.2 Å². The molecule has 0 aliphatic carbocycles. The van der Waals surface area contributed by atoms with Gasteiger partial charge in [-0.25, -0.2) is 0 Å². The zero-order chi connectivity index (χ0) is 18.9. The van der Waals surface area contributed by atoms with E-state index < -0.39 is 12.0 Å². The number of hydrogen-bond acceptors (Lipinski definition) is 5. The standard InChI is InChI=1S/C20H26N2O4/c1-14(2)10-17(20(23)24)22-12-16-4-5-18(19(11-16)25-3)26-13-15-6-8-21-9-7-15/h4-9,11,14,17,22H,10,12-13H2,1-3H3,(H,23,24)/t17-/m0/s1. The van der Waals surface area contributed by atoms with Crippen LogP contribution in [0, 0.1) is 5.92 Å². The van der Waals surface area contributed by atoms with Crippen LogP contribution in [0.3, 0.4) is 0 Å². The first-order chi connectivity index (χ1) is 12.5. The van der Waals surface area contributed by atoms with Crippen LogP contribution in [-0.4, -0.2) is 29.2 Å². The molecule has 0 saturated carbocycles. The van der Waals surface area contributed by atoms with Crippen molar-refractivity contribution >= 4 is 5.97 Å². The van der Waals surface area contributed by atoms with Gasteiger partial charge in [-0.2, -0.15) is 0 Å². The molecule has 0 bridgehead atoms. The van der Waals surface area contributed by atoms with Gasteiger partial charge < -0.3 is 19.9 Å². The number of rotatable bonds is 10. The number of ether oxygens (including phenoxy) is 2. The van der Waals surface area contributed by atoms with Gasteiger partial charge in [-0.15, -0.1) is 0 Å². The first-order valence-corrected chi connectivity index (χ1v) is 8.64. The van der Waals surface area contributed by atoms with Crippen molar-refractivity contribution < 1.29 is 19.4 Å². The summed E-state index contributed by atoms with van der Waals surface area (Å²) in [5.74, 6) is 0.740. The van der Waals surface area contributed by atoms with Crippen molar-refractivity contribution in [3.63, 3.8) is 0 Å². The van der Waals surface area contributed by atoms with Crippen molar-refractivity contribution in [3.05, 3.63) is 53.9 Å². The highest BCUT2D eigenvalue weighted by molar-refractivity contribution is 5.73. The number of nitrogens with zero attached hydrogens (tertiary/aromatic N) is 1. The van der Waals surface area contributed by atoms with Crippen molar-refractivity contribution in [3.8, 4) is 11.5 Å². The summed E-state index contributed by atoms with van der Waals surface area (Å²) in [5, 5.41) is 12.4. The second kappa shape index (κ2) is 9.77. The van der Waals surface area contributed by atoms with E-state index in [2.05, 4.69) is 10.3 Å². The number of nitrogens with one attached hydrogen (secondary N) is 1.